The van der Waals surface area contributed by atoms with E-state index in [0.29, 0.717) is 16.4 Å². The van der Waals surface area contributed by atoms with Crippen molar-refractivity contribution in [1.29, 1.82) is 0 Å². The van der Waals surface area contributed by atoms with Crippen molar-refractivity contribution in [2.75, 3.05) is 0 Å². The summed E-state index contributed by atoms with van der Waals surface area (Å²) in [6, 6.07) is 1.77. The number of aryl methyl sites for hydroxylation is 1. The van der Waals surface area contributed by atoms with E-state index in [9.17, 15) is 0 Å². The third-order valence-electron chi connectivity index (χ3n) is 1.63. The summed E-state index contributed by atoms with van der Waals surface area (Å²) in [5, 5.41) is 3.78. The molecule has 0 radical (unpaired) electrons. The van der Waals surface area contributed by atoms with Gasteiger partial charge in [-0.05, 0) is 22.0 Å². The SMILES string of the molecule is CCc1noc(-c2ccoc2Br)n1. The minimum absolute atomic E-state index is 0.484. The number of aromatic nitrogens is 2. The molecule has 0 bridgehead atoms. The molecule has 0 N–H and O–H groups in total. The van der Waals surface area contributed by atoms with Gasteiger partial charge in [-0.15, -0.1) is 0 Å². The van der Waals surface area contributed by atoms with Gasteiger partial charge >= 0.3 is 0 Å². The lowest BCUT2D eigenvalue weighted by molar-refractivity contribution is 0.422. The molecule has 0 spiro atoms. The van der Waals surface area contributed by atoms with E-state index in [2.05, 4.69) is 26.1 Å². The Morgan fingerprint density at radius 2 is 2.38 bits per heavy atom. The Labute approximate surface area is 83.1 Å². The van der Waals surface area contributed by atoms with E-state index < -0.39 is 0 Å². The Hall–Kier alpha value is -1.10. The molecule has 0 saturated heterocycles. The first kappa shape index (κ1) is 8.50. The normalized spacial score (nSPS) is 10.6. The summed E-state index contributed by atoms with van der Waals surface area (Å²) in [6.07, 6.45) is 2.33. The van der Waals surface area contributed by atoms with Crippen molar-refractivity contribution < 1.29 is 8.94 Å². The fraction of sp³-hybridized carbons (Fsp3) is 0.250. The summed E-state index contributed by atoms with van der Waals surface area (Å²) in [5.74, 6) is 1.18. The van der Waals surface area contributed by atoms with Gasteiger partial charge < -0.3 is 8.94 Å². The summed E-state index contributed by atoms with van der Waals surface area (Å²) in [7, 11) is 0. The highest BCUT2D eigenvalue weighted by Gasteiger charge is 2.12. The first-order chi connectivity index (χ1) is 6.31. The maximum atomic E-state index is 5.05. The number of furan rings is 1. The Morgan fingerprint density at radius 1 is 1.54 bits per heavy atom. The molecule has 4 nitrogen and oxygen atoms in total. The number of hydrogen-bond donors (Lipinski definition) is 0. The van der Waals surface area contributed by atoms with Crippen LogP contribution in [0.4, 0.5) is 0 Å². The van der Waals surface area contributed by atoms with Gasteiger partial charge in [0.05, 0.1) is 11.8 Å². The molecule has 0 unspecified atom stereocenters. The first-order valence-corrected chi connectivity index (χ1v) is 4.66. The van der Waals surface area contributed by atoms with Crippen LogP contribution < -0.4 is 0 Å². The first-order valence-electron chi connectivity index (χ1n) is 3.87. The maximum Gasteiger partial charge on any atom is 0.262 e. The fourth-order valence-electron chi connectivity index (χ4n) is 0.953. The summed E-state index contributed by atoms with van der Waals surface area (Å²) in [6.45, 7) is 1.97. The molecule has 0 atom stereocenters. The van der Waals surface area contributed by atoms with Crippen LogP contribution in [0.1, 0.15) is 12.7 Å². The molecule has 2 rings (SSSR count). The summed E-state index contributed by atoms with van der Waals surface area (Å²) in [5.41, 5.74) is 0.784. The smallest absolute Gasteiger partial charge is 0.262 e. The molecular weight excluding hydrogens is 236 g/mol. The lowest BCUT2D eigenvalue weighted by atomic mass is 10.3. The zero-order valence-electron chi connectivity index (χ0n) is 6.95. The van der Waals surface area contributed by atoms with E-state index in [1.165, 1.54) is 0 Å². The van der Waals surface area contributed by atoms with Crippen molar-refractivity contribution in [1.82, 2.24) is 10.1 Å². The largest absolute Gasteiger partial charge is 0.457 e. The molecule has 0 aromatic carbocycles. The second kappa shape index (κ2) is 3.33. The Kier molecular flexibility index (Phi) is 2.18. The molecule has 13 heavy (non-hydrogen) atoms. The molecule has 2 aromatic rings. The minimum atomic E-state index is 0.484. The molecule has 2 heterocycles. The van der Waals surface area contributed by atoms with E-state index in [-0.39, 0.29) is 0 Å². The third-order valence-corrected chi connectivity index (χ3v) is 2.25. The van der Waals surface area contributed by atoms with Crippen molar-refractivity contribution in [2.45, 2.75) is 13.3 Å². The molecule has 2 aromatic heterocycles. The molecule has 0 fully saturated rings. The predicted octanol–water partition coefficient (Wildman–Crippen LogP) is 2.65. The highest BCUT2D eigenvalue weighted by Crippen LogP contribution is 2.27. The highest BCUT2D eigenvalue weighted by molar-refractivity contribution is 9.10. The zero-order chi connectivity index (χ0) is 9.26. The van der Waals surface area contributed by atoms with Gasteiger partial charge in [-0.3, -0.25) is 0 Å². The van der Waals surface area contributed by atoms with E-state index in [1.54, 1.807) is 12.3 Å². The topological polar surface area (TPSA) is 52.1 Å². The van der Waals surface area contributed by atoms with Crippen LogP contribution in [-0.2, 0) is 6.42 Å². The highest BCUT2D eigenvalue weighted by atomic mass is 79.9. The van der Waals surface area contributed by atoms with Crippen molar-refractivity contribution in [2.24, 2.45) is 0 Å². The molecule has 5 heteroatoms. The number of nitrogens with zero attached hydrogens (tertiary/aromatic N) is 2. The molecule has 0 aliphatic rings. The van der Waals surface area contributed by atoms with E-state index in [0.717, 1.165) is 12.0 Å². The van der Waals surface area contributed by atoms with Crippen LogP contribution in [0.5, 0.6) is 0 Å². The van der Waals surface area contributed by atoms with Crippen LogP contribution >= 0.6 is 15.9 Å². The quantitative estimate of drug-likeness (QED) is 0.813. The Balaban J connectivity index is 2.41. The maximum absolute atomic E-state index is 5.05. The van der Waals surface area contributed by atoms with Gasteiger partial charge in [0.1, 0.15) is 0 Å². The van der Waals surface area contributed by atoms with Crippen molar-refractivity contribution in [3.05, 3.63) is 22.8 Å². The molecule has 0 aliphatic carbocycles. The van der Waals surface area contributed by atoms with Gasteiger partial charge in [-0.1, -0.05) is 12.1 Å². The molecule has 0 saturated carbocycles. The van der Waals surface area contributed by atoms with Crippen LogP contribution in [-0.4, -0.2) is 10.1 Å². The van der Waals surface area contributed by atoms with Crippen molar-refractivity contribution in [3.63, 3.8) is 0 Å². The average Bonchev–Trinajstić information content (AvgIpc) is 2.71. The Morgan fingerprint density at radius 3 is 2.92 bits per heavy atom. The fourth-order valence-corrected chi connectivity index (χ4v) is 1.36. The van der Waals surface area contributed by atoms with E-state index >= 15 is 0 Å². The van der Waals surface area contributed by atoms with Gasteiger partial charge in [0.15, 0.2) is 10.5 Å². The average molecular weight is 243 g/mol. The third kappa shape index (κ3) is 1.51. The predicted molar refractivity (Wildman–Crippen MR) is 49.1 cm³/mol. The van der Waals surface area contributed by atoms with Crippen LogP contribution in [0.3, 0.4) is 0 Å². The molecule has 0 amide bonds. The lowest BCUT2D eigenvalue weighted by Gasteiger charge is -1.85. The van der Waals surface area contributed by atoms with Crippen molar-refractivity contribution >= 4 is 15.9 Å². The second-order valence-electron chi connectivity index (χ2n) is 2.48. The molecule has 0 aliphatic heterocycles. The molecular formula is C8H7BrN2O2. The van der Waals surface area contributed by atoms with Gasteiger partial charge in [-0.2, -0.15) is 4.98 Å². The minimum Gasteiger partial charge on any atom is -0.457 e. The van der Waals surface area contributed by atoms with Crippen LogP contribution in [0.2, 0.25) is 0 Å². The molecule has 68 valence electrons. The number of rotatable bonds is 2. The zero-order valence-corrected chi connectivity index (χ0v) is 8.54. The standard InChI is InChI=1S/C8H7BrN2O2/c1-2-6-10-8(13-11-6)5-3-4-12-7(5)9/h3-4H,2H2,1H3. The summed E-state index contributed by atoms with van der Waals surface area (Å²) in [4.78, 5) is 4.16. The Bertz CT molecular complexity index is 408. The van der Waals surface area contributed by atoms with Gasteiger partial charge in [0, 0.05) is 6.42 Å². The second-order valence-corrected chi connectivity index (χ2v) is 3.20. The van der Waals surface area contributed by atoms with Gasteiger partial charge in [0.25, 0.3) is 5.89 Å². The van der Waals surface area contributed by atoms with Gasteiger partial charge in [-0.25, -0.2) is 0 Å². The number of hydrogen-bond acceptors (Lipinski definition) is 4. The van der Waals surface area contributed by atoms with E-state index in [4.69, 9.17) is 8.94 Å². The van der Waals surface area contributed by atoms with Crippen LogP contribution in [0.15, 0.2) is 25.9 Å². The monoisotopic (exact) mass is 242 g/mol. The van der Waals surface area contributed by atoms with Gasteiger partial charge in [0.2, 0.25) is 0 Å². The van der Waals surface area contributed by atoms with Crippen LogP contribution in [0.25, 0.3) is 11.5 Å². The number of halogens is 1. The summed E-state index contributed by atoms with van der Waals surface area (Å²) < 4.78 is 10.7. The summed E-state index contributed by atoms with van der Waals surface area (Å²) >= 11 is 3.24. The van der Waals surface area contributed by atoms with E-state index in [1.807, 2.05) is 6.92 Å². The van der Waals surface area contributed by atoms with Crippen molar-refractivity contribution in [3.8, 4) is 11.5 Å². The lowest BCUT2D eigenvalue weighted by Crippen LogP contribution is -1.81. The van der Waals surface area contributed by atoms with Crippen LogP contribution in [0, 0.1) is 0 Å².